The Morgan fingerprint density at radius 1 is 1.06 bits per heavy atom. The van der Waals surface area contributed by atoms with Crippen LogP contribution in [-0.4, -0.2) is 29.8 Å². The molecule has 3 N–H and O–H groups in total. The van der Waals surface area contributed by atoms with Crippen LogP contribution in [0.4, 0.5) is 0 Å². The predicted molar refractivity (Wildman–Crippen MR) is 119 cm³/mol. The topological polar surface area (TPSA) is 104 Å². The van der Waals surface area contributed by atoms with Gasteiger partial charge >= 0.3 is 0 Å². The Bertz CT molecular complexity index is 1310. The van der Waals surface area contributed by atoms with E-state index in [1.165, 1.54) is 0 Å². The molecular weight excluding hydrogens is 392 g/mol. The Balaban J connectivity index is 1.92. The first-order valence-electron chi connectivity index (χ1n) is 10.1. The predicted octanol–water partition coefficient (Wildman–Crippen LogP) is 2.63. The number of nitrogens with two attached hydrogens (primary N) is 1. The molecule has 4 aromatic rings. The number of nitrogens with one attached hydrogen (secondary N) is 1. The number of carbonyl (C=O) groups is 1. The highest BCUT2D eigenvalue weighted by Gasteiger charge is 2.28. The number of aromatic amines is 1. The van der Waals surface area contributed by atoms with Crippen LogP contribution in [-0.2, 0) is 20.0 Å². The zero-order valence-corrected chi connectivity index (χ0v) is 18.1. The molecule has 160 valence electrons. The van der Waals surface area contributed by atoms with Gasteiger partial charge in [0.25, 0.3) is 11.5 Å². The lowest BCUT2D eigenvalue weighted by Gasteiger charge is -2.09. The summed E-state index contributed by atoms with van der Waals surface area (Å²) >= 11 is 0. The number of hydrogen-bond donors (Lipinski definition) is 2. The normalized spacial score (nSPS) is 11.2. The number of aromatic nitrogens is 5. The smallest absolute Gasteiger partial charge is 0.279 e. The van der Waals surface area contributed by atoms with Crippen LogP contribution in [0.15, 0.2) is 47.7 Å². The highest BCUT2D eigenvalue weighted by Crippen LogP contribution is 2.33. The lowest BCUT2D eigenvalue weighted by Crippen LogP contribution is -2.20. The molecule has 0 aliphatic heterocycles. The van der Waals surface area contributed by atoms with Crippen molar-refractivity contribution in [3.8, 4) is 16.8 Å². The van der Waals surface area contributed by atoms with Crippen molar-refractivity contribution in [3.05, 3.63) is 81.5 Å². The molecule has 0 atom stereocenters. The molecule has 1 amide bonds. The summed E-state index contributed by atoms with van der Waals surface area (Å²) < 4.78 is 5.48. The molecule has 31 heavy (non-hydrogen) atoms. The van der Waals surface area contributed by atoms with Crippen LogP contribution in [0.25, 0.3) is 16.8 Å². The Morgan fingerprint density at radius 3 is 2.39 bits per heavy atom. The third kappa shape index (κ3) is 3.30. The maximum Gasteiger partial charge on any atom is 0.279 e. The minimum atomic E-state index is -0.537. The molecule has 3 heterocycles. The maximum absolute atomic E-state index is 13.6. The molecule has 0 aliphatic carbocycles. The van der Waals surface area contributed by atoms with Crippen molar-refractivity contribution >= 4 is 5.91 Å². The van der Waals surface area contributed by atoms with Crippen molar-refractivity contribution in [1.82, 2.24) is 23.9 Å². The second-order valence-electron chi connectivity index (χ2n) is 7.70. The molecule has 8 heteroatoms. The van der Waals surface area contributed by atoms with Crippen LogP contribution < -0.4 is 11.3 Å². The average Bonchev–Trinajstić information content (AvgIpc) is 3.39. The Hall–Kier alpha value is -3.81. The van der Waals surface area contributed by atoms with Gasteiger partial charge in [-0.25, -0.2) is 9.67 Å². The van der Waals surface area contributed by atoms with E-state index in [0.29, 0.717) is 23.2 Å². The highest BCUT2D eigenvalue weighted by atomic mass is 16.1. The van der Waals surface area contributed by atoms with E-state index in [2.05, 4.69) is 14.5 Å². The van der Waals surface area contributed by atoms with Gasteiger partial charge < -0.3 is 15.3 Å². The Morgan fingerprint density at radius 2 is 1.77 bits per heavy atom. The van der Waals surface area contributed by atoms with Gasteiger partial charge in [-0.3, -0.25) is 14.3 Å². The lowest BCUT2D eigenvalue weighted by molar-refractivity contribution is 0.1000. The molecule has 8 nitrogen and oxygen atoms in total. The Kier molecular flexibility index (Phi) is 5.14. The van der Waals surface area contributed by atoms with Crippen molar-refractivity contribution in [2.24, 2.45) is 12.8 Å². The van der Waals surface area contributed by atoms with Crippen LogP contribution in [0.3, 0.4) is 0 Å². The minimum absolute atomic E-state index is 0.178. The first-order valence-corrected chi connectivity index (χ1v) is 10.1. The number of H-pyrrole nitrogens is 1. The number of aryl methyl sites for hydroxylation is 1. The van der Waals surface area contributed by atoms with E-state index in [9.17, 15) is 9.59 Å². The number of rotatable bonds is 6. The van der Waals surface area contributed by atoms with E-state index < -0.39 is 5.91 Å². The van der Waals surface area contributed by atoms with Crippen LogP contribution in [0.5, 0.6) is 0 Å². The summed E-state index contributed by atoms with van der Waals surface area (Å²) in [5.74, 6) is -0.537. The van der Waals surface area contributed by atoms with Crippen molar-refractivity contribution in [2.45, 2.75) is 33.7 Å². The number of nitrogens with zero attached hydrogens (tertiary/aromatic N) is 4. The molecule has 0 saturated carbocycles. The van der Waals surface area contributed by atoms with Gasteiger partial charge in [-0.2, -0.15) is 0 Å². The third-order valence-corrected chi connectivity index (χ3v) is 5.99. The number of primary amides is 1. The van der Waals surface area contributed by atoms with E-state index in [-0.39, 0.29) is 5.56 Å². The van der Waals surface area contributed by atoms with Gasteiger partial charge in [0.1, 0.15) is 0 Å². The van der Waals surface area contributed by atoms with Crippen LogP contribution in [0.1, 0.15) is 33.1 Å². The molecule has 0 unspecified atom stereocenters. The average molecular weight is 419 g/mol. The third-order valence-electron chi connectivity index (χ3n) is 5.99. The summed E-state index contributed by atoms with van der Waals surface area (Å²) in [4.78, 5) is 33.2. The first kappa shape index (κ1) is 20.5. The van der Waals surface area contributed by atoms with Crippen molar-refractivity contribution in [2.75, 3.05) is 0 Å². The molecule has 3 aromatic heterocycles. The zero-order valence-electron chi connectivity index (χ0n) is 18.1. The summed E-state index contributed by atoms with van der Waals surface area (Å²) in [5, 5.41) is 0. The number of para-hydroxylation sites is 1. The number of hydrogen-bond acceptors (Lipinski definition) is 3. The van der Waals surface area contributed by atoms with Gasteiger partial charge in [0.15, 0.2) is 0 Å². The van der Waals surface area contributed by atoms with E-state index in [0.717, 1.165) is 34.9 Å². The number of carbonyl (C=O) groups excluding carboxylic acids is 1. The molecule has 0 radical (unpaired) electrons. The van der Waals surface area contributed by atoms with Crippen molar-refractivity contribution in [1.29, 1.82) is 0 Å². The number of amides is 1. The quantitative estimate of drug-likeness (QED) is 0.503. The maximum atomic E-state index is 13.6. The first-order chi connectivity index (χ1) is 14.8. The summed E-state index contributed by atoms with van der Waals surface area (Å²) in [6.07, 6.45) is 4.14. The summed E-state index contributed by atoms with van der Waals surface area (Å²) in [7, 11) is 1.84. The molecular formula is C23H26N6O2. The molecule has 1 aromatic carbocycles. The van der Waals surface area contributed by atoms with E-state index in [1.54, 1.807) is 17.2 Å². The largest absolute Gasteiger partial charge is 0.366 e. The van der Waals surface area contributed by atoms with Crippen LogP contribution in [0.2, 0.25) is 0 Å². The Labute approximate surface area is 179 Å². The van der Waals surface area contributed by atoms with E-state index >= 15 is 0 Å². The fourth-order valence-electron chi connectivity index (χ4n) is 4.34. The van der Waals surface area contributed by atoms with E-state index in [4.69, 9.17) is 5.73 Å². The van der Waals surface area contributed by atoms with Gasteiger partial charge in [-0.15, -0.1) is 0 Å². The molecule has 0 saturated heterocycles. The second kappa shape index (κ2) is 7.79. The molecule has 0 fully saturated rings. The molecule has 0 bridgehead atoms. The van der Waals surface area contributed by atoms with Crippen LogP contribution >= 0.6 is 0 Å². The van der Waals surface area contributed by atoms with Gasteiger partial charge in [0.05, 0.1) is 23.1 Å². The zero-order chi connectivity index (χ0) is 22.3. The standard InChI is InChI=1S/C23H26N6O2/c1-14-21(23(31)29(27(14)4)18-8-6-5-7-9-18)19-15(2)28(16(3)20(19)22(24)30)11-10-17-12-25-13-26-17/h5-9,12-13H,10-11H2,1-4H3,(H2,24,30)(H,25,26). The van der Waals surface area contributed by atoms with Gasteiger partial charge in [0, 0.05) is 54.5 Å². The lowest BCUT2D eigenvalue weighted by atomic mass is 10.0. The number of imidazole rings is 1. The highest BCUT2D eigenvalue weighted by molar-refractivity contribution is 6.02. The van der Waals surface area contributed by atoms with Crippen molar-refractivity contribution < 1.29 is 4.79 Å². The van der Waals surface area contributed by atoms with E-state index in [1.807, 2.05) is 62.8 Å². The second-order valence-corrected chi connectivity index (χ2v) is 7.70. The fraction of sp³-hybridized carbons (Fsp3) is 0.261. The van der Waals surface area contributed by atoms with Gasteiger partial charge in [0.2, 0.25) is 0 Å². The summed E-state index contributed by atoms with van der Waals surface area (Å²) in [6.45, 7) is 6.33. The van der Waals surface area contributed by atoms with Crippen LogP contribution in [0, 0.1) is 20.8 Å². The van der Waals surface area contributed by atoms with Gasteiger partial charge in [-0.05, 0) is 32.9 Å². The fourth-order valence-corrected chi connectivity index (χ4v) is 4.34. The van der Waals surface area contributed by atoms with Gasteiger partial charge in [-0.1, -0.05) is 18.2 Å². The monoisotopic (exact) mass is 418 g/mol. The minimum Gasteiger partial charge on any atom is -0.366 e. The molecule has 0 spiro atoms. The number of benzene rings is 1. The summed E-state index contributed by atoms with van der Waals surface area (Å²) in [6, 6.07) is 9.45. The van der Waals surface area contributed by atoms with Crippen molar-refractivity contribution in [3.63, 3.8) is 0 Å². The SMILES string of the molecule is Cc1c(C(N)=O)c(-c2c(C)n(C)n(-c3ccccc3)c2=O)c(C)n1CCc1cnc[nH]1. The summed E-state index contributed by atoms with van der Waals surface area (Å²) in [5.41, 5.74) is 11.3. The molecule has 4 rings (SSSR count). The molecule has 0 aliphatic rings.